The molecule has 0 aromatic carbocycles. The number of halogens is 3. The largest absolute Gasteiger partial charge is 0.401 e. The van der Waals surface area contributed by atoms with Crippen molar-refractivity contribution in [1.82, 2.24) is 14.9 Å². The van der Waals surface area contributed by atoms with Gasteiger partial charge in [-0.05, 0) is 18.8 Å². The highest BCUT2D eigenvalue weighted by molar-refractivity contribution is 5.38. The number of alkyl halides is 3. The average molecular weight is 286 g/mol. The number of aryl methyl sites for hydroxylation is 1. The van der Waals surface area contributed by atoms with E-state index in [-0.39, 0.29) is 0 Å². The standard InChI is InChI=1S/C13H17F3N4/c1-9-2-18-12(3-17-9)20-6-10-4-19(5-11(10)7-20)8-13(14,15)16/h2-3,10-11H,4-8H2,1H3. The lowest BCUT2D eigenvalue weighted by atomic mass is 10.0. The summed E-state index contributed by atoms with van der Waals surface area (Å²) >= 11 is 0. The molecular weight excluding hydrogens is 269 g/mol. The third kappa shape index (κ3) is 2.87. The zero-order chi connectivity index (χ0) is 14.3. The Morgan fingerprint density at radius 1 is 1.10 bits per heavy atom. The molecule has 2 atom stereocenters. The lowest BCUT2D eigenvalue weighted by molar-refractivity contribution is -0.144. The van der Waals surface area contributed by atoms with Gasteiger partial charge in [-0.3, -0.25) is 9.88 Å². The Bertz CT molecular complexity index is 459. The second kappa shape index (κ2) is 4.87. The Morgan fingerprint density at radius 2 is 1.75 bits per heavy atom. The van der Waals surface area contributed by atoms with Gasteiger partial charge < -0.3 is 4.90 Å². The highest BCUT2D eigenvalue weighted by Gasteiger charge is 2.43. The molecule has 1 aromatic heterocycles. The van der Waals surface area contributed by atoms with Crippen LogP contribution in [0.25, 0.3) is 0 Å². The molecule has 2 fully saturated rings. The molecule has 2 aliphatic rings. The van der Waals surface area contributed by atoms with Crippen LogP contribution in [-0.4, -0.2) is 53.8 Å². The highest BCUT2D eigenvalue weighted by Crippen LogP contribution is 2.34. The summed E-state index contributed by atoms with van der Waals surface area (Å²) in [5.74, 6) is 1.44. The molecule has 2 aliphatic heterocycles. The Balaban J connectivity index is 1.59. The summed E-state index contributed by atoms with van der Waals surface area (Å²) in [6.07, 6.45) is -0.635. The van der Waals surface area contributed by atoms with Gasteiger partial charge in [0, 0.05) is 26.2 Å². The quantitative estimate of drug-likeness (QED) is 0.828. The summed E-state index contributed by atoms with van der Waals surface area (Å²) in [7, 11) is 0. The molecule has 3 heterocycles. The zero-order valence-electron chi connectivity index (χ0n) is 11.3. The minimum Gasteiger partial charge on any atom is -0.355 e. The van der Waals surface area contributed by atoms with E-state index in [0.29, 0.717) is 24.9 Å². The molecular formula is C13H17F3N4. The Labute approximate surface area is 115 Å². The molecule has 20 heavy (non-hydrogen) atoms. The lowest BCUT2D eigenvalue weighted by Crippen LogP contribution is -2.35. The SMILES string of the molecule is Cc1cnc(N2CC3CN(CC(F)(F)F)CC3C2)cn1. The summed E-state index contributed by atoms with van der Waals surface area (Å²) in [6, 6.07) is 0. The van der Waals surface area contributed by atoms with Crippen LogP contribution in [-0.2, 0) is 0 Å². The van der Waals surface area contributed by atoms with Crippen molar-refractivity contribution >= 4 is 5.82 Å². The van der Waals surface area contributed by atoms with Crippen LogP contribution >= 0.6 is 0 Å². The van der Waals surface area contributed by atoms with E-state index in [1.165, 1.54) is 4.90 Å². The number of fused-ring (bicyclic) bond motifs is 1. The van der Waals surface area contributed by atoms with Gasteiger partial charge in [-0.1, -0.05) is 0 Å². The van der Waals surface area contributed by atoms with Gasteiger partial charge >= 0.3 is 6.18 Å². The molecule has 0 saturated carbocycles. The molecule has 0 N–H and O–H groups in total. The van der Waals surface area contributed by atoms with Crippen LogP contribution in [0.5, 0.6) is 0 Å². The topological polar surface area (TPSA) is 32.3 Å². The molecule has 0 aliphatic carbocycles. The van der Waals surface area contributed by atoms with E-state index >= 15 is 0 Å². The number of nitrogens with zero attached hydrogens (tertiary/aromatic N) is 4. The van der Waals surface area contributed by atoms with Crippen molar-refractivity contribution in [1.29, 1.82) is 0 Å². The molecule has 110 valence electrons. The van der Waals surface area contributed by atoms with Crippen LogP contribution in [0.3, 0.4) is 0 Å². The molecule has 7 heteroatoms. The van der Waals surface area contributed by atoms with Gasteiger partial charge in [-0.2, -0.15) is 13.2 Å². The minimum absolute atomic E-state index is 0.306. The summed E-state index contributed by atoms with van der Waals surface area (Å²) in [4.78, 5) is 12.2. The van der Waals surface area contributed by atoms with Crippen molar-refractivity contribution in [2.45, 2.75) is 13.1 Å². The zero-order valence-corrected chi connectivity index (χ0v) is 11.3. The fourth-order valence-electron chi connectivity index (χ4n) is 3.21. The van der Waals surface area contributed by atoms with Gasteiger partial charge in [0.2, 0.25) is 0 Å². The van der Waals surface area contributed by atoms with Crippen LogP contribution in [0, 0.1) is 18.8 Å². The van der Waals surface area contributed by atoms with Crippen molar-refractivity contribution < 1.29 is 13.2 Å². The molecule has 2 saturated heterocycles. The lowest BCUT2D eigenvalue weighted by Gasteiger charge is -2.22. The van der Waals surface area contributed by atoms with Crippen LogP contribution in [0.2, 0.25) is 0 Å². The van der Waals surface area contributed by atoms with E-state index in [1.807, 2.05) is 6.92 Å². The summed E-state index contributed by atoms with van der Waals surface area (Å²) in [6.45, 7) is 3.70. The molecule has 0 radical (unpaired) electrons. The molecule has 2 unspecified atom stereocenters. The first kappa shape index (κ1) is 13.6. The maximum absolute atomic E-state index is 12.4. The summed E-state index contributed by atoms with van der Waals surface area (Å²) in [5, 5.41) is 0. The van der Waals surface area contributed by atoms with E-state index in [1.54, 1.807) is 12.4 Å². The smallest absolute Gasteiger partial charge is 0.355 e. The third-order valence-corrected chi connectivity index (χ3v) is 4.06. The molecule has 3 rings (SSSR count). The first-order valence-electron chi connectivity index (χ1n) is 6.73. The summed E-state index contributed by atoms with van der Waals surface area (Å²) < 4.78 is 37.2. The molecule has 1 aromatic rings. The monoisotopic (exact) mass is 286 g/mol. The van der Waals surface area contributed by atoms with Crippen LogP contribution in [0.15, 0.2) is 12.4 Å². The Hall–Kier alpha value is -1.37. The molecule has 0 spiro atoms. The van der Waals surface area contributed by atoms with E-state index in [9.17, 15) is 13.2 Å². The van der Waals surface area contributed by atoms with Gasteiger partial charge in [0.15, 0.2) is 0 Å². The van der Waals surface area contributed by atoms with E-state index in [2.05, 4.69) is 14.9 Å². The maximum Gasteiger partial charge on any atom is 0.401 e. The van der Waals surface area contributed by atoms with E-state index in [0.717, 1.165) is 24.6 Å². The van der Waals surface area contributed by atoms with Gasteiger partial charge in [0.1, 0.15) is 5.82 Å². The van der Waals surface area contributed by atoms with Crippen LogP contribution in [0.4, 0.5) is 19.0 Å². The van der Waals surface area contributed by atoms with Crippen molar-refractivity contribution in [2.75, 3.05) is 37.6 Å². The predicted molar refractivity (Wildman–Crippen MR) is 68.5 cm³/mol. The highest BCUT2D eigenvalue weighted by atomic mass is 19.4. The maximum atomic E-state index is 12.4. The van der Waals surface area contributed by atoms with Gasteiger partial charge in [-0.25, -0.2) is 4.98 Å². The Kier molecular flexibility index (Phi) is 3.32. The van der Waals surface area contributed by atoms with E-state index in [4.69, 9.17) is 0 Å². The first-order valence-corrected chi connectivity index (χ1v) is 6.73. The average Bonchev–Trinajstić information content (AvgIpc) is 2.85. The second-order valence-electron chi connectivity index (χ2n) is 5.75. The molecule has 0 bridgehead atoms. The molecule has 4 nitrogen and oxygen atoms in total. The fourth-order valence-corrected chi connectivity index (χ4v) is 3.21. The first-order chi connectivity index (χ1) is 9.40. The van der Waals surface area contributed by atoms with Crippen molar-refractivity contribution in [3.8, 4) is 0 Å². The van der Waals surface area contributed by atoms with Gasteiger partial charge in [0.25, 0.3) is 0 Å². The van der Waals surface area contributed by atoms with E-state index < -0.39 is 12.7 Å². The number of hydrogen-bond donors (Lipinski definition) is 0. The normalized spacial score (nSPS) is 27.1. The number of aromatic nitrogens is 2. The van der Waals surface area contributed by atoms with Crippen LogP contribution < -0.4 is 4.90 Å². The van der Waals surface area contributed by atoms with Gasteiger partial charge in [-0.15, -0.1) is 0 Å². The Morgan fingerprint density at radius 3 is 2.25 bits per heavy atom. The number of rotatable bonds is 2. The third-order valence-electron chi connectivity index (χ3n) is 4.06. The van der Waals surface area contributed by atoms with Crippen molar-refractivity contribution in [3.63, 3.8) is 0 Å². The van der Waals surface area contributed by atoms with Crippen LogP contribution in [0.1, 0.15) is 5.69 Å². The molecule has 0 amide bonds. The number of anilines is 1. The van der Waals surface area contributed by atoms with Gasteiger partial charge in [0.05, 0.1) is 24.6 Å². The van der Waals surface area contributed by atoms with Crippen molar-refractivity contribution in [3.05, 3.63) is 18.1 Å². The minimum atomic E-state index is -4.10. The second-order valence-corrected chi connectivity index (χ2v) is 5.75. The van der Waals surface area contributed by atoms with Crippen molar-refractivity contribution in [2.24, 2.45) is 11.8 Å². The number of likely N-dealkylation sites (tertiary alicyclic amines) is 1. The predicted octanol–water partition coefficient (Wildman–Crippen LogP) is 1.72. The fraction of sp³-hybridized carbons (Fsp3) is 0.692. The summed E-state index contributed by atoms with van der Waals surface area (Å²) in [5.41, 5.74) is 0.865. The number of hydrogen-bond acceptors (Lipinski definition) is 4.